The van der Waals surface area contributed by atoms with Crippen LogP contribution in [0.25, 0.3) is 0 Å². The molecule has 1 unspecified atom stereocenters. The maximum absolute atomic E-state index is 13.0. The van der Waals surface area contributed by atoms with Crippen molar-refractivity contribution in [2.45, 2.75) is 37.3 Å². The number of carbonyl (C=O) groups excluding carboxylic acids is 1. The third-order valence-electron chi connectivity index (χ3n) is 4.60. The van der Waals surface area contributed by atoms with Crippen LogP contribution in [0.4, 0.5) is 13.2 Å². The van der Waals surface area contributed by atoms with Crippen LogP contribution in [-0.4, -0.2) is 55.0 Å². The minimum absolute atomic E-state index is 0. The lowest BCUT2D eigenvalue weighted by molar-refractivity contribution is -0.191. The Morgan fingerprint density at radius 2 is 1.68 bits per heavy atom. The highest BCUT2D eigenvalue weighted by Crippen LogP contribution is 2.34. The second-order valence-corrected chi connectivity index (χ2v) is 6.21. The molecule has 4 nitrogen and oxygen atoms in total. The molecule has 140 valence electrons. The Morgan fingerprint density at radius 3 is 2.20 bits per heavy atom. The summed E-state index contributed by atoms with van der Waals surface area (Å²) in [6.07, 6.45) is -4.59. The topological polar surface area (TPSA) is 38.8 Å². The van der Waals surface area contributed by atoms with Crippen molar-refractivity contribution in [2.75, 3.05) is 26.3 Å². The van der Waals surface area contributed by atoms with Crippen LogP contribution in [0.1, 0.15) is 29.6 Å². The smallest absolute Gasteiger partial charge is 0.347 e. The van der Waals surface area contributed by atoms with E-state index in [1.165, 1.54) is 0 Å². The summed E-state index contributed by atoms with van der Waals surface area (Å²) in [5, 5.41) is 0. The molecule has 2 heterocycles. The van der Waals surface area contributed by atoms with E-state index in [4.69, 9.17) is 9.47 Å². The lowest BCUT2D eigenvalue weighted by Gasteiger charge is -2.40. The molecule has 0 radical (unpaired) electrons. The maximum Gasteiger partial charge on any atom is 0.391 e. The SMILES string of the molecule is Cl.O=C(c1ccccc1)C(CC(F)(F)F)N1CCC2(CC1)OCCO2. The van der Waals surface area contributed by atoms with Gasteiger partial charge in [-0.05, 0) is 0 Å². The number of alkyl halides is 3. The molecule has 2 saturated heterocycles. The van der Waals surface area contributed by atoms with Gasteiger partial charge in [-0.2, -0.15) is 13.2 Å². The van der Waals surface area contributed by atoms with E-state index in [0.717, 1.165) is 0 Å². The van der Waals surface area contributed by atoms with E-state index >= 15 is 0 Å². The van der Waals surface area contributed by atoms with Gasteiger partial charge in [0.05, 0.1) is 25.7 Å². The highest BCUT2D eigenvalue weighted by atomic mass is 35.5. The van der Waals surface area contributed by atoms with E-state index in [9.17, 15) is 18.0 Å². The highest BCUT2D eigenvalue weighted by molar-refractivity contribution is 6.00. The number of carbonyl (C=O) groups is 1. The predicted molar refractivity (Wildman–Crippen MR) is 87.9 cm³/mol. The molecule has 2 fully saturated rings. The number of likely N-dealkylation sites (tertiary alicyclic amines) is 1. The second-order valence-electron chi connectivity index (χ2n) is 6.21. The normalized spacial score (nSPS) is 21.7. The highest BCUT2D eigenvalue weighted by Gasteiger charge is 2.45. The van der Waals surface area contributed by atoms with Gasteiger partial charge in [-0.25, -0.2) is 0 Å². The first-order chi connectivity index (χ1) is 11.4. The zero-order chi connectivity index (χ0) is 17.2. The van der Waals surface area contributed by atoms with Gasteiger partial charge >= 0.3 is 6.18 Å². The molecule has 25 heavy (non-hydrogen) atoms. The van der Waals surface area contributed by atoms with Crippen LogP contribution in [0.5, 0.6) is 0 Å². The van der Waals surface area contributed by atoms with E-state index in [1.807, 2.05) is 0 Å². The Kier molecular flexibility index (Phi) is 6.48. The first kappa shape index (κ1) is 20.2. The first-order valence-corrected chi connectivity index (χ1v) is 8.07. The second kappa shape index (κ2) is 8.03. The van der Waals surface area contributed by atoms with Crippen molar-refractivity contribution in [2.24, 2.45) is 0 Å². The molecule has 2 aliphatic rings. The molecule has 8 heteroatoms. The van der Waals surface area contributed by atoms with Crippen LogP contribution in [0.15, 0.2) is 30.3 Å². The largest absolute Gasteiger partial charge is 0.391 e. The Hall–Kier alpha value is -1.15. The molecule has 0 saturated carbocycles. The number of benzene rings is 1. The zero-order valence-electron chi connectivity index (χ0n) is 13.6. The molecule has 0 aromatic heterocycles. The fraction of sp³-hybridized carbons (Fsp3) is 0.588. The molecule has 1 spiro atoms. The van der Waals surface area contributed by atoms with Gasteiger partial charge in [0, 0.05) is 31.5 Å². The molecule has 1 atom stereocenters. The van der Waals surface area contributed by atoms with E-state index in [1.54, 1.807) is 35.2 Å². The van der Waals surface area contributed by atoms with E-state index in [2.05, 4.69) is 0 Å². The fourth-order valence-corrected chi connectivity index (χ4v) is 3.36. The summed E-state index contributed by atoms with van der Waals surface area (Å²) in [5.41, 5.74) is 0.306. The minimum atomic E-state index is -4.40. The van der Waals surface area contributed by atoms with Gasteiger partial charge in [-0.15, -0.1) is 12.4 Å². The molecule has 0 amide bonds. The van der Waals surface area contributed by atoms with Crippen LogP contribution in [0.2, 0.25) is 0 Å². The minimum Gasteiger partial charge on any atom is -0.347 e. The number of piperidine rings is 1. The molecular formula is C17H21ClF3NO3. The van der Waals surface area contributed by atoms with Gasteiger partial charge in [0.15, 0.2) is 11.6 Å². The van der Waals surface area contributed by atoms with Gasteiger partial charge < -0.3 is 9.47 Å². The Labute approximate surface area is 150 Å². The molecule has 1 aromatic carbocycles. The van der Waals surface area contributed by atoms with Crippen molar-refractivity contribution in [3.8, 4) is 0 Å². The number of ether oxygens (including phenoxy) is 2. The van der Waals surface area contributed by atoms with Gasteiger partial charge in [0.1, 0.15) is 0 Å². The summed E-state index contributed by atoms with van der Waals surface area (Å²) < 4.78 is 50.2. The summed E-state index contributed by atoms with van der Waals surface area (Å²) in [6.45, 7) is 1.71. The fourth-order valence-electron chi connectivity index (χ4n) is 3.36. The standard InChI is InChI=1S/C17H20F3NO3.ClH/c18-17(19,20)12-14(15(22)13-4-2-1-3-5-13)21-8-6-16(7-9-21)23-10-11-24-16;/h1-5,14H,6-12H2;1H. The summed E-state index contributed by atoms with van der Waals surface area (Å²) in [4.78, 5) is 14.2. The van der Waals surface area contributed by atoms with Crippen molar-refractivity contribution in [3.05, 3.63) is 35.9 Å². The first-order valence-electron chi connectivity index (χ1n) is 8.07. The summed E-state index contributed by atoms with van der Waals surface area (Å²) in [6, 6.07) is 6.95. The predicted octanol–water partition coefficient (Wildman–Crippen LogP) is 3.45. The number of halogens is 4. The van der Waals surface area contributed by atoms with Gasteiger partial charge in [0.2, 0.25) is 0 Å². The lowest BCUT2D eigenvalue weighted by atomic mass is 9.95. The third kappa shape index (κ3) is 4.94. The van der Waals surface area contributed by atoms with E-state index in [-0.39, 0.29) is 12.4 Å². The summed E-state index contributed by atoms with van der Waals surface area (Å²) in [5.74, 6) is -1.16. The molecule has 2 aliphatic heterocycles. The molecule has 0 aliphatic carbocycles. The maximum atomic E-state index is 13.0. The van der Waals surface area contributed by atoms with Crippen molar-refractivity contribution in [1.29, 1.82) is 0 Å². The quantitative estimate of drug-likeness (QED) is 0.751. The average Bonchev–Trinajstić information content (AvgIpc) is 3.01. The Bertz CT molecular complexity index is 566. The van der Waals surface area contributed by atoms with E-state index < -0.39 is 30.2 Å². The molecular weight excluding hydrogens is 359 g/mol. The van der Waals surface area contributed by atoms with E-state index in [0.29, 0.717) is 44.7 Å². The Balaban J connectivity index is 0.00000225. The van der Waals surface area contributed by atoms with Crippen LogP contribution in [0, 0.1) is 0 Å². The van der Waals surface area contributed by atoms with Crippen molar-refractivity contribution in [1.82, 2.24) is 4.90 Å². The number of hydrogen-bond acceptors (Lipinski definition) is 4. The molecule has 0 N–H and O–H groups in total. The van der Waals surface area contributed by atoms with Crippen LogP contribution >= 0.6 is 12.4 Å². The average molecular weight is 380 g/mol. The van der Waals surface area contributed by atoms with Gasteiger partial charge in [-0.1, -0.05) is 30.3 Å². The summed E-state index contributed by atoms with van der Waals surface area (Å²) >= 11 is 0. The zero-order valence-corrected chi connectivity index (χ0v) is 14.4. The molecule has 0 bridgehead atoms. The third-order valence-corrected chi connectivity index (χ3v) is 4.60. The van der Waals surface area contributed by atoms with Crippen molar-refractivity contribution >= 4 is 18.2 Å². The number of nitrogens with zero attached hydrogens (tertiary/aromatic N) is 1. The molecule has 3 rings (SSSR count). The number of Topliss-reactive ketones (excluding diaryl/α,β-unsaturated/α-hetero) is 1. The van der Waals surface area contributed by atoms with Crippen LogP contribution < -0.4 is 0 Å². The molecule has 1 aromatic rings. The monoisotopic (exact) mass is 379 g/mol. The number of rotatable bonds is 4. The summed E-state index contributed by atoms with van der Waals surface area (Å²) in [7, 11) is 0. The van der Waals surface area contributed by atoms with Crippen LogP contribution in [-0.2, 0) is 9.47 Å². The van der Waals surface area contributed by atoms with Crippen LogP contribution in [0.3, 0.4) is 0 Å². The van der Waals surface area contributed by atoms with Gasteiger partial charge in [0.25, 0.3) is 0 Å². The number of ketones is 1. The van der Waals surface area contributed by atoms with Crippen molar-refractivity contribution in [3.63, 3.8) is 0 Å². The Morgan fingerprint density at radius 1 is 1.12 bits per heavy atom. The van der Waals surface area contributed by atoms with Crippen molar-refractivity contribution < 1.29 is 27.4 Å². The lowest BCUT2D eigenvalue weighted by Crippen LogP contribution is -2.52. The number of hydrogen-bond donors (Lipinski definition) is 0. The van der Waals surface area contributed by atoms with Gasteiger partial charge in [-0.3, -0.25) is 9.69 Å².